The monoisotopic (exact) mass is 240 g/mol. The van der Waals surface area contributed by atoms with Crippen LogP contribution in [-0.2, 0) is 6.54 Å². The normalized spacial score (nSPS) is 10.2. The van der Waals surface area contributed by atoms with Gasteiger partial charge in [0, 0.05) is 22.8 Å². The number of nitrogens with one attached hydrogen (secondary N) is 1. The first-order chi connectivity index (χ1) is 7.24. The molecule has 0 saturated heterocycles. The fourth-order valence-corrected chi connectivity index (χ4v) is 1.87. The second kappa shape index (κ2) is 4.46. The highest BCUT2D eigenvalue weighted by molar-refractivity contribution is 7.09. The van der Waals surface area contributed by atoms with Gasteiger partial charge in [0.25, 0.3) is 0 Å². The molecule has 0 saturated carbocycles. The third-order valence-corrected chi connectivity index (χ3v) is 2.72. The Hall–Kier alpha value is -1.33. The van der Waals surface area contributed by atoms with Gasteiger partial charge in [0.05, 0.1) is 12.1 Å². The van der Waals surface area contributed by atoms with Gasteiger partial charge in [-0.2, -0.15) is 0 Å². The van der Waals surface area contributed by atoms with Crippen LogP contribution in [0.15, 0.2) is 23.8 Å². The number of thiazole rings is 1. The van der Waals surface area contributed by atoms with E-state index < -0.39 is 0 Å². The van der Waals surface area contributed by atoms with Crippen LogP contribution in [0.3, 0.4) is 0 Å². The van der Waals surface area contributed by atoms with Gasteiger partial charge < -0.3 is 11.1 Å². The quantitative estimate of drug-likeness (QED) is 0.809. The number of pyridine rings is 1. The van der Waals surface area contributed by atoms with E-state index in [1.165, 1.54) is 0 Å². The molecular formula is C9H9ClN4S. The molecule has 0 unspecified atom stereocenters. The first-order valence-corrected chi connectivity index (χ1v) is 5.54. The summed E-state index contributed by atoms with van der Waals surface area (Å²) < 4.78 is 0. The average molecular weight is 241 g/mol. The van der Waals surface area contributed by atoms with Gasteiger partial charge in [-0.25, -0.2) is 4.98 Å². The summed E-state index contributed by atoms with van der Waals surface area (Å²) in [6.45, 7) is 0.678. The number of halogens is 1. The second-order valence-electron chi connectivity index (χ2n) is 2.93. The molecule has 0 amide bonds. The van der Waals surface area contributed by atoms with Gasteiger partial charge in [-0.15, -0.1) is 11.3 Å². The van der Waals surface area contributed by atoms with Crippen LogP contribution in [-0.4, -0.2) is 9.97 Å². The maximum Gasteiger partial charge on any atom is 0.133 e. The summed E-state index contributed by atoms with van der Waals surface area (Å²) in [7, 11) is 0. The summed E-state index contributed by atoms with van der Waals surface area (Å²) >= 11 is 7.35. The van der Waals surface area contributed by atoms with Crippen molar-refractivity contribution in [1.82, 2.24) is 9.97 Å². The molecule has 0 aliphatic carbocycles. The zero-order valence-corrected chi connectivity index (χ0v) is 9.35. The van der Waals surface area contributed by atoms with Crippen LogP contribution in [0, 0.1) is 0 Å². The molecule has 0 radical (unpaired) electrons. The molecule has 2 heterocycles. The molecule has 0 aliphatic rings. The third kappa shape index (κ3) is 2.81. The van der Waals surface area contributed by atoms with Crippen LogP contribution in [0.5, 0.6) is 0 Å². The molecule has 0 fully saturated rings. The highest BCUT2D eigenvalue weighted by Gasteiger charge is 1.99. The number of aromatic nitrogens is 2. The van der Waals surface area contributed by atoms with E-state index >= 15 is 0 Å². The molecular weight excluding hydrogens is 232 g/mol. The molecule has 3 N–H and O–H groups in total. The smallest absolute Gasteiger partial charge is 0.133 e. The van der Waals surface area contributed by atoms with Crippen molar-refractivity contribution in [3.63, 3.8) is 0 Å². The van der Waals surface area contributed by atoms with Crippen molar-refractivity contribution in [1.29, 1.82) is 0 Å². The minimum atomic E-state index is 0.391. The highest BCUT2D eigenvalue weighted by Crippen LogP contribution is 2.17. The van der Waals surface area contributed by atoms with Crippen molar-refractivity contribution in [3.8, 4) is 0 Å². The van der Waals surface area contributed by atoms with Gasteiger partial charge >= 0.3 is 0 Å². The van der Waals surface area contributed by atoms with Crippen molar-refractivity contribution >= 4 is 34.4 Å². The fourth-order valence-electron chi connectivity index (χ4n) is 1.11. The first-order valence-electron chi connectivity index (χ1n) is 4.28. The number of nitrogens with two attached hydrogens (primary N) is 1. The van der Waals surface area contributed by atoms with Gasteiger partial charge in [-0.05, 0) is 6.07 Å². The molecule has 2 rings (SSSR count). The molecule has 2 aromatic heterocycles. The van der Waals surface area contributed by atoms with E-state index in [4.69, 9.17) is 17.3 Å². The lowest BCUT2D eigenvalue weighted by Crippen LogP contribution is -2.00. The Kier molecular flexibility index (Phi) is 3.03. The lowest BCUT2D eigenvalue weighted by atomic mass is 10.4. The minimum absolute atomic E-state index is 0.391. The van der Waals surface area contributed by atoms with Crippen molar-refractivity contribution in [3.05, 3.63) is 33.9 Å². The van der Waals surface area contributed by atoms with Gasteiger partial charge in [-0.1, -0.05) is 11.6 Å². The lowest BCUT2D eigenvalue weighted by molar-refractivity contribution is 1.13. The minimum Gasteiger partial charge on any atom is -0.399 e. The van der Waals surface area contributed by atoms with E-state index in [1.807, 2.05) is 6.20 Å². The molecule has 4 nitrogen and oxygen atoms in total. The van der Waals surface area contributed by atoms with E-state index in [0.29, 0.717) is 23.2 Å². The molecule has 2 aromatic rings. The van der Waals surface area contributed by atoms with E-state index in [1.54, 1.807) is 29.0 Å². The lowest BCUT2D eigenvalue weighted by Gasteiger charge is -2.04. The number of nitrogen functional groups attached to an aromatic ring is 1. The average Bonchev–Trinajstić information content (AvgIpc) is 2.65. The molecule has 15 heavy (non-hydrogen) atoms. The Morgan fingerprint density at radius 1 is 1.47 bits per heavy atom. The SMILES string of the molecule is Nc1cc(Cl)nc(NCc2cncs2)c1. The standard InChI is InChI=1S/C9H9ClN4S/c10-8-1-6(11)2-9(14-8)13-4-7-3-12-5-15-7/h1-3,5H,4H2,(H3,11,13,14). The van der Waals surface area contributed by atoms with E-state index in [2.05, 4.69) is 15.3 Å². The van der Waals surface area contributed by atoms with Crippen molar-refractivity contribution in [2.75, 3.05) is 11.1 Å². The van der Waals surface area contributed by atoms with Crippen LogP contribution >= 0.6 is 22.9 Å². The van der Waals surface area contributed by atoms with Crippen LogP contribution < -0.4 is 11.1 Å². The van der Waals surface area contributed by atoms with E-state index in [0.717, 1.165) is 4.88 Å². The molecule has 0 aromatic carbocycles. The second-order valence-corrected chi connectivity index (χ2v) is 4.29. The largest absolute Gasteiger partial charge is 0.399 e. The van der Waals surface area contributed by atoms with Crippen LogP contribution in [0.4, 0.5) is 11.5 Å². The summed E-state index contributed by atoms with van der Waals surface area (Å²) in [5.74, 6) is 0.674. The first kappa shape index (κ1) is 10.2. The predicted octanol–water partition coefficient (Wildman–Crippen LogP) is 2.39. The molecule has 0 bridgehead atoms. The maximum atomic E-state index is 5.77. The Labute approximate surface area is 96.1 Å². The number of nitrogens with zero attached hydrogens (tertiary/aromatic N) is 2. The zero-order chi connectivity index (χ0) is 10.7. The summed E-state index contributed by atoms with van der Waals surface area (Å²) in [4.78, 5) is 9.20. The van der Waals surface area contributed by atoms with Gasteiger partial charge in [0.1, 0.15) is 11.0 Å². The van der Waals surface area contributed by atoms with Crippen LogP contribution in [0.1, 0.15) is 4.88 Å². The number of hydrogen-bond acceptors (Lipinski definition) is 5. The van der Waals surface area contributed by atoms with Gasteiger partial charge in [-0.3, -0.25) is 4.98 Å². The van der Waals surface area contributed by atoms with Crippen LogP contribution in [0.25, 0.3) is 0 Å². The van der Waals surface area contributed by atoms with Crippen LogP contribution in [0.2, 0.25) is 5.15 Å². The number of rotatable bonds is 3. The number of anilines is 2. The Balaban J connectivity index is 2.05. The highest BCUT2D eigenvalue weighted by atomic mass is 35.5. The molecule has 78 valence electrons. The third-order valence-electron chi connectivity index (χ3n) is 1.74. The van der Waals surface area contributed by atoms with Gasteiger partial charge in [0.15, 0.2) is 0 Å². The summed E-state index contributed by atoms with van der Waals surface area (Å²) in [5.41, 5.74) is 8.02. The predicted molar refractivity (Wildman–Crippen MR) is 63.1 cm³/mol. The van der Waals surface area contributed by atoms with Crippen molar-refractivity contribution in [2.24, 2.45) is 0 Å². The van der Waals surface area contributed by atoms with Gasteiger partial charge in [0.2, 0.25) is 0 Å². The molecule has 0 spiro atoms. The topological polar surface area (TPSA) is 63.8 Å². The van der Waals surface area contributed by atoms with Crippen molar-refractivity contribution in [2.45, 2.75) is 6.54 Å². The van der Waals surface area contributed by atoms with Crippen molar-refractivity contribution < 1.29 is 0 Å². The summed E-state index contributed by atoms with van der Waals surface area (Å²) in [5, 5.41) is 3.51. The number of hydrogen-bond donors (Lipinski definition) is 2. The summed E-state index contributed by atoms with van der Waals surface area (Å²) in [6.07, 6.45) is 1.81. The molecule has 0 atom stereocenters. The maximum absolute atomic E-state index is 5.77. The zero-order valence-electron chi connectivity index (χ0n) is 7.77. The molecule has 6 heteroatoms. The Morgan fingerprint density at radius 2 is 2.33 bits per heavy atom. The summed E-state index contributed by atoms with van der Waals surface area (Å²) in [6, 6.07) is 3.35. The Morgan fingerprint density at radius 3 is 3.00 bits per heavy atom. The molecule has 0 aliphatic heterocycles. The van der Waals surface area contributed by atoms with E-state index in [-0.39, 0.29) is 0 Å². The Bertz CT molecular complexity index is 423. The van der Waals surface area contributed by atoms with E-state index in [9.17, 15) is 0 Å². The fraction of sp³-hybridized carbons (Fsp3) is 0.111.